The summed E-state index contributed by atoms with van der Waals surface area (Å²) in [6.45, 7) is 0. The van der Waals surface area contributed by atoms with Gasteiger partial charge in [-0.05, 0) is 59.2 Å². The van der Waals surface area contributed by atoms with Crippen LogP contribution in [-0.2, 0) is 0 Å². The number of hydrogen-bond acceptors (Lipinski definition) is 4. The number of carbonyl (C=O) groups excluding carboxylic acids is 2. The predicted octanol–water partition coefficient (Wildman–Crippen LogP) is 9.38. The van der Waals surface area contributed by atoms with Gasteiger partial charge in [-0.15, -0.1) is 0 Å². The summed E-state index contributed by atoms with van der Waals surface area (Å²) in [5.74, 6) is -0.691. The van der Waals surface area contributed by atoms with E-state index in [0.29, 0.717) is 22.5 Å². The Morgan fingerprint density at radius 3 is 1.62 bits per heavy atom. The maximum atomic E-state index is 14.6. The Hall–Kier alpha value is -6.66. The van der Waals surface area contributed by atoms with Crippen molar-refractivity contribution < 1.29 is 9.59 Å². The molecule has 6 nitrogen and oxygen atoms in total. The zero-order valence-corrected chi connectivity index (χ0v) is 25.6. The summed E-state index contributed by atoms with van der Waals surface area (Å²) in [5, 5.41) is 2.08. The van der Waals surface area contributed by atoms with Gasteiger partial charge >= 0.3 is 0 Å². The second-order valence-corrected chi connectivity index (χ2v) is 11.8. The Bertz CT molecular complexity index is 2440. The van der Waals surface area contributed by atoms with Crippen LogP contribution in [0.1, 0.15) is 20.7 Å². The number of imide groups is 1. The van der Waals surface area contributed by atoms with Crippen molar-refractivity contribution in [2.75, 3.05) is 4.90 Å². The number of amides is 2. The van der Waals surface area contributed by atoms with Crippen LogP contribution in [0.2, 0.25) is 0 Å². The molecule has 48 heavy (non-hydrogen) atoms. The minimum Gasteiger partial charge on any atom is -0.308 e. The minimum atomic E-state index is -0.351. The molecule has 0 fully saturated rings. The summed E-state index contributed by atoms with van der Waals surface area (Å²) in [5.41, 5.74) is 9.52. The third-order valence-corrected chi connectivity index (χ3v) is 9.12. The third-order valence-electron chi connectivity index (χ3n) is 9.12. The number of hydrogen-bond donors (Lipinski definition) is 0. The van der Waals surface area contributed by atoms with E-state index in [2.05, 4.69) is 50.9 Å². The van der Waals surface area contributed by atoms with Crippen molar-refractivity contribution in [3.8, 4) is 39.1 Å². The van der Waals surface area contributed by atoms with E-state index in [9.17, 15) is 9.59 Å². The lowest BCUT2D eigenvalue weighted by atomic mass is 10.0. The molecule has 0 atom stereocenters. The van der Waals surface area contributed by atoms with Gasteiger partial charge in [-0.2, -0.15) is 0 Å². The molecule has 0 radical (unpaired) electrons. The summed E-state index contributed by atoms with van der Waals surface area (Å²) < 4.78 is 2.13. The van der Waals surface area contributed by atoms with Crippen molar-refractivity contribution in [2.45, 2.75) is 0 Å². The molecule has 8 aromatic rings. The monoisotopic (exact) mass is 618 g/mol. The topological polar surface area (TPSA) is 68.1 Å². The normalized spacial score (nSPS) is 12.6. The zero-order chi connectivity index (χ0) is 32.2. The molecule has 2 amide bonds. The third kappa shape index (κ3) is 4.27. The van der Waals surface area contributed by atoms with Crippen LogP contribution in [0, 0.1) is 0 Å². The van der Waals surface area contributed by atoms with Gasteiger partial charge in [-0.1, -0.05) is 91.0 Å². The van der Waals surface area contributed by atoms with Gasteiger partial charge < -0.3 is 4.57 Å². The molecule has 0 spiro atoms. The smallest absolute Gasteiger partial charge is 0.268 e. The van der Waals surface area contributed by atoms with Crippen molar-refractivity contribution >= 4 is 39.3 Å². The van der Waals surface area contributed by atoms with Crippen molar-refractivity contribution in [1.82, 2.24) is 14.5 Å². The first-order valence-corrected chi connectivity index (χ1v) is 15.7. The van der Waals surface area contributed by atoms with Gasteiger partial charge in [-0.25, -0.2) is 4.90 Å². The van der Waals surface area contributed by atoms with E-state index in [0.717, 1.165) is 55.2 Å². The lowest BCUT2D eigenvalue weighted by Crippen LogP contribution is -2.30. The first-order chi connectivity index (χ1) is 23.7. The molecular weight excluding hydrogens is 592 g/mol. The second-order valence-electron chi connectivity index (χ2n) is 11.8. The molecule has 6 heteroatoms. The van der Waals surface area contributed by atoms with E-state index in [4.69, 9.17) is 0 Å². The number of carbonyl (C=O) groups is 2. The largest absolute Gasteiger partial charge is 0.308 e. The molecule has 226 valence electrons. The Labute approximate surface area is 276 Å². The van der Waals surface area contributed by atoms with Gasteiger partial charge in [0.1, 0.15) is 0 Å². The van der Waals surface area contributed by atoms with Gasteiger partial charge in [-0.3, -0.25) is 19.6 Å². The van der Waals surface area contributed by atoms with E-state index in [1.165, 1.54) is 4.90 Å². The average molecular weight is 619 g/mol. The number of aromatic nitrogens is 3. The average Bonchev–Trinajstić information content (AvgIpc) is 3.62. The molecule has 9 rings (SSSR count). The van der Waals surface area contributed by atoms with Gasteiger partial charge in [0, 0.05) is 52.3 Å². The highest BCUT2D eigenvalue weighted by atomic mass is 16.2. The van der Waals surface area contributed by atoms with Crippen LogP contribution in [-0.4, -0.2) is 26.3 Å². The van der Waals surface area contributed by atoms with Crippen molar-refractivity contribution in [1.29, 1.82) is 0 Å². The molecule has 0 saturated heterocycles. The van der Waals surface area contributed by atoms with E-state index in [-0.39, 0.29) is 11.8 Å². The number of rotatable bonds is 5. The fourth-order valence-corrected chi connectivity index (χ4v) is 6.91. The van der Waals surface area contributed by atoms with Crippen molar-refractivity contribution in [3.05, 3.63) is 169 Å². The molecule has 0 N–H and O–H groups in total. The summed E-state index contributed by atoms with van der Waals surface area (Å²) >= 11 is 0. The van der Waals surface area contributed by atoms with Gasteiger partial charge in [0.15, 0.2) is 0 Å². The van der Waals surface area contributed by atoms with E-state index in [1.54, 1.807) is 18.5 Å². The highest BCUT2D eigenvalue weighted by molar-refractivity contribution is 6.36. The predicted molar refractivity (Wildman–Crippen MR) is 190 cm³/mol. The fraction of sp³-hybridized carbons (Fsp3) is 0. The maximum Gasteiger partial charge on any atom is 0.268 e. The van der Waals surface area contributed by atoms with Crippen LogP contribution in [0.15, 0.2) is 158 Å². The molecule has 1 aliphatic heterocycles. The lowest BCUT2D eigenvalue weighted by molar-refractivity contribution is 0.0926. The molecule has 0 unspecified atom stereocenters. The number of nitrogens with zero attached hydrogens (tertiary/aromatic N) is 4. The van der Waals surface area contributed by atoms with Crippen molar-refractivity contribution in [2.24, 2.45) is 0 Å². The molecule has 0 saturated carbocycles. The van der Waals surface area contributed by atoms with Crippen LogP contribution >= 0.6 is 0 Å². The van der Waals surface area contributed by atoms with Crippen LogP contribution < -0.4 is 4.90 Å². The standard InChI is InChI=1S/C42H26N4O2/c47-41-35-14-6-16-37(40(35)42(48)46(41)36-15-5-4-13-32(36)27-9-2-1-3-10-27)45-38-23-28(30-11-7-21-43-25-30)17-19-33(38)34-20-18-29(24-39(34)45)31-12-8-22-44-26-31/h1-26H. The second kappa shape index (κ2) is 11.0. The molecule has 3 aromatic heterocycles. The summed E-state index contributed by atoms with van der Waals surface area (Å²) in [6, 6.07) is 43.6. The molecule has 5 aromatic carbocycles. The summed E-state index contributed by atoms with van der Waals surface area (Å²) in [6.07, 6.45) is 7.21. The molecule has 1 aliphatic rings. The Kier molecular flexibility index (Phi) is 6.33. The van der Waals surface area contributed by atoms with Gasteiger partial charge in [0.25, 0.3) is 11.8 Å². The van der Waals surface area contributed by atoms with E-state index >= 15 is 0 Å². The SMILES string of the molecule is O=C1c2cccc(-n3c4cc(-c5cccnc5)ccc4c4ccc(-c5cccnc5)cc43)c2C(=O)N1c1ccccc1-c1ccccc1. The number of para-hydroxylation sites is 1. The van der Waals surface area contributed by atoms with Gasteiger partial charge in [0.2, 0.25) is 0 Å². The number of benzene rings is 5. The maximum absolute atomic E-state index is 14.6. The summed E-state index contributed by atoms with van der Waals surface area (Å²) in [4.78, 5) is 38.8. The van der Waals surface area contributed by atoms with E-state index < -0.39 is 0 Å². The quantitative estimate of drug-likeness (QED) is 0.180. The van der Waals surface area contributed by atoms with Gasteiger partial charge in [0.05, 0.1) is 33.5 Å². The number of pyridine rings is 2. The lowest BCUT2D eigenvalue weighted by Gasteiger charge is -2.19. The Morgan fingerprint density at radius 1 is 0.438 bits per heavy atom. The minimum absolute atomic E-state index is 0.340. The zero-order valence-electron chi connectivity index (χ0n) is 25.6. The fourth-order valence-electron chi connectivity index (χ4n) is 6.91. The number of anilines is 1. The van der Waals surface area contributed by atoms with Crippen LogP contribution in [0.25, 0.3) is 60.9 Å². The van der Waals surface area contributed by atoms with E-state index in [1.807, 2.05) is 103 Å². The van der Waals surface area contributed by atoms with Crippen LogP contribution in [0.3, 0.4) is 0 Å². The Balaban J connectivity index is 1.29. The molecule has 4 heterocycles. The molecule has 0 aliphatic carbocycles. The highest BCUT2D eigenvalue weighted by Gasteiger charge is 2.40. The highest BCUT2D eigenvalue weighted by Crippen LogP contribution is 2.41. The molecular formula is C42H26N4O2. The first-order valence-electron chi connectivity index (χ1n) is 15.7. The van der Waals surface area contributed by atoms with Crippen LogP contribution in [0.5, 0.6) is 0 Å². The summed E-state index contributed by atoms with van der Waals surface area (Å²) in [7, 11) is 0. The number of fused-ring (bicyclic) bond motifs is 4. The van der Waals surface area contributed by atoms with Crippen molar-refractivity contribution in [3.63, 3.8) is 0 Å². The molecule has 0 bridgehead atoms. The first kappa shape index (κ1) is 27.6. The van der Waals surface area contributed by atoms with Crippen LogP contribution in [0.4, 0.5) is 5.69 Å². The Morgan fingerprint density at radius 2 is 1.00 bits per heavy atom.